The van der Waals surface area contributed by atoms with Gasteiger partial charge in [0.25, 0.3) is 0 Å². The van der Waals surface area contributed by atoms with Crippen molar-refractivity contribution in [2.75, 3.05) is 14.2 Å². The van der Waals surface area contributed by atoms with Crippen molar-refractivity contribution in [2.24, 2.45) is 0 Å². The van der Waals surface area contributed by atoms with Crippen molar-refractivity contribution >= 4 is 12.1 Å². The van der Waals surface area contributed by atoms with Crippen LogP contribution >= 0.6 is 0 Å². The molecule has 0 aliphatic rings. The van der Waals surface area contributed by atoms with Crippen LogP contribution < -0.4 is 9.47 Å². The molecule has 0 fully saturated rings. The van der Waals surface area contributed by atoms with Crippen molar-refractivity contribution in [1.82, 2.24) is 14.4 Å². The summed E-state index contributed by atoms with van der Waals surface area (Å²) in [5.41, 5.74) is -1.99. The zero-order valence-electron chi connectivity index (χ0n) is 9.85. The fourth-order valence-electron chi connectivity index (χ4n) is 1.59. The Labute approximate surface area is 104 Å². The summed E-state index contributed by atoms with van der Waals surface area (Å²) in [6, 6.07) is 1.25. The molecule has 0 bridgehead atoms. The number of fused-ring (bicyclic) bond motifs is 1. The number of hydrogen-bond acceptors (Lipinski definition) is 5. The van der Waals surface area contributed by atoms with Crippen LogP contribution in [0.2, 0.25) is 0 Å². The number of carbonyl (C=O) groups is 1. The van der Waals surface area contributed by atoms with Crippen molar-refractivity contribution in [3.8, 4) is 11.8 Å². The third kappa shape index (κ3) is 2.07. The number of imidazole rings is 1. The summed E-state index contributed by atoms with van der Waals surface area (Å²) in [7, 11) is 2.54. The van der Waals surface area contributed by atoms with Gasteiger partial charge in [0.1, 0.15) is 5.69 Å². The average molecular weight is 275 g/mol. The zero-order chi connectivity index (χ0) is 14.2. The number of ether oxygens (including phenoxy) is 2. The topological polar surface area (TPSA) is 65.7 Å². The maximum Gasteiger partial charge on any atom is 0.435 e. The number of nitrogens with zero attached hydrogens (tertiary/aromatic N) is 3. The largest absolute Gasteiger partial charge is 0.482 e. The number of aldehydes is 1. The minimum absolute atomic E-state index is 0.0283. The molecular weight excluding hydrogens is 267 g/mol. The number of methoxy groups -OCH3 is 2. The molecular formula is C10H8F3N3O3. The highest BCUT2D eigenvalue weighted by molar-refractivity contribution is 5.77. The normalized spacial score (nSPS) is 11.6. The van der Waals surface area contributed by atoms with E-state index < -0.39 is 17.6 Å². The van der Waals surface area contributed by atoms with E-state index in [1.54, 1.807) is 0 Å². The summed E-state index contributed by atoms with van der Waals surface area (Å²) >= 11 is 0. The van der Waals surface area contributed by atoms with Crippen molar-refractivity contribution in [2.45, 2.75) is 6.18 Å². The number of hydrogen-bond donors (Lipinski definition) is 0. The van der Waals surface area contributed by atoms with Gasteiger partial charge < -0.3 is 9.47 Å². The molecule has 0 unspecified atom stereocenters. The van der Waals surface area contributed by atoms with Crippen molar-refractivity contribution in [3.63, 3.8) is 0 Å². The van der Waals surface area contributed by atoms with Gasteiger partial charge in [-0.3, -0.25) is 4.79 Å². The van der Waals surface area contributed by atoms with Gasteiger partial charge in [0.05, 0.1) is 20.3 Å². The van der Waals surface area contributed by atoms with Crippen LogP contribution in [0.25, 0.3) is 5.78 Å². The monoisotopic (exact) mass is 275 g/mol. The van der Waals surface area contributed by atoms with Crippen LogP contribution in [0.4, 0.5) is 13.2 Å². The number of carbonyl (C=O) groups excluding carboxylic acids is 1. The summed E-state index contributed by atoms with van der Waals surface area (Å²) in [6.45, 7) is 0. The Morgan fingerprint density at radius 2 is 1.95 bits per heavy atom. The second-order valence-corrected chi connectivity index (χ2v) is 3.44. The van der Waals surface area contributed by atoms with E-state index in [0.717, 1.165) is 4.40 Å². The molecule has 2 rings (SSSR count). The van der Waals surface area contributed by atoms with Gasteiger partial charge in [0, 0.05) is 0 Å². The highest BCUT2D eigenvalue weighted by atomic mass is 19.4. The number of rotatable bonds is 3. The number of alkyl halides is 3. The smallest absolute Gasteiger partial charge is 0.435 e. The molecule has 6 nitrogen and oxygen atoms in total. The molecule has 19 heavy (non-hydrogen) atoms. The fraction of sp³-hybridized carbons (Fsp3) is 0.300. The van der Waals surface area contributed by atoms with E-state index in [9.17, 15) is 18.0 Å². The summed E-state index contributed by atoms with van der Waals surface area (Å²) in [5.74, 6) is -0.335. The molecule has 0 amide bonds. The Balaban J connectivity index is 2.86. The highest BCUT2D eigenvalue weighted by Gasteiger charge is 2.38. The molecule has 0 aliphatic heterocycles. The molecule has 9 heteroatoms. The molecule has 0 atom stereocenters. The minimum Gasteiger partial charge on any atom is -0.482 e. The first kappa shape index (κ1) is 13.1. The quantitative estimate of drug-likeness (QED) is 0.796. The molecule has 2 aromatic rings. The van der Waals surface area contributed by atoms with Crippen LogP contribution in [-0.4, -0.2) is 34.9 Å². The summed E-state index contributed by atoms with van der Waals surface area (Å²) in [4.78, 5) is 17.9. The van der Waals surface area contributed by atoms with E-state index in [4.69, 9.17) is 9.47 Å². The SMILES string of the molecule is COc1cc(OC)n2c(C=O)c(C(F)(F)F)nc2n1. The third-order valence-corrected chi connectivity index (χ3v) is 2.37. The molecule has 2 aromatic heterocycles. The summed E-state index contributed by atoms with van der Waals surface area (Å²) < 4.78 is 48.9. The molecule has 0 saturated carbocycles. The van der Waals surface area contributed by atoms with Gasteiger partial charge in [-0.1, -0.05) is 0 Å². The van der Waals surface area contributed by atoms with Gasteiger partial charge in [-0.15, -0.1) is 0 Å². The number of aromatic nitrogens is 3. The highest BCUT2D eigenvalue weighted by Crippen LogP contribution is 2.33. The van der Waals surface area contributed by atoms with E-state index in [2.05, 4.69) is 9.97 Å². The Bertz CT molecular complexity index is 636. The van der Waals surface area contributed by atoms with Crippen molar-refractivity contribution < 1.29 is 27.4 Å². The van der Waals surface area contributed by atoms with Crippen LogP contribution in [0.15, 0.2) is 6.07 Å². The lowest BCUT2D eigenvalue weighted by molar-refractivity contribution is -0.141. The van der Waals surface area contributed by atoms with E-state index in [0.29, 0.717) is 0 Å². The predicted molar refractivity (Wildman–Crippen MR) is 56.5 cm³/mol. The summed E-state index contributed by atoms with van der Waals surface area (Å²) in [5, 5.41) is 0. The molecule has 0 spiro atoms. The summed E-state index contributed by atoms with van der Waals surface area (Å²) in [6.07, 6.45) is -4.71. The standard InChI is InChI=1S/C10H8F3N3O3/c1-18-6-3-7(19-2)16-5(4-17)8(10(11,12)13)15-9(16)14-6/h3-4H,1-2H3. The average Bonchev–Trinajstić information content (AvgIpc) is 2.75. The molecule has 102 valence electrons. The van der Waals surface area contributed by atoms with Gasteiger partial charge >= 0.3 is 6.18 Å². The Morgan fingerprint density at radius 1 is 1.26 bits per heavy atom. The lowest BCUT2D eigenvalue weighted by Crippen LogP contribution is -2.09. The Kier molecular flexibility index (Phi) is 3.05. The lowest BCUT2D eigenvalue weighted by Gasteiger charge is -2.07. The molecule has 0 N–H and O–H groups in total. The van der Waals surface area contributed by atoms with E-state index >= 15 is 0 Å². The van der Waals surface area contributed by atoms with Crippen molar-refractivity contribution in [3.05, 3.63) is 17.5 Å². The Hall–Kier alpha value is -2.32. The first-order valence-electron chi connectivity index (χ1n) is 4.96. The Morgan fingerprint density at radius 3 is 2.42 bits per heavy atom. The van der Waals surface area contributed by atoms with Crippen LogP contribution in [0.3, 0.4) is 0 Å². The molecule has 0 saturated heterocycles. The van der Waals surface area contributed by atoms with E-state index in [1.165, 1.54) is 20.3 Å². The molecule has 2 heterocycles. The van der Waals surface area contributed by atoms with Gasteiger partial charge in [-0.2, -0.15) is 18.2 Å². The third-order valence-electron chi connectivity index (χ3n) is 2.37. The number of halogens is 3. The van der Waals surface area contributed by atoms with Gasteiger partial charge in [-0.25, -0.2) is 9.38 Å². The first-order chi connectivity index (χ1) is 8.92. The van der Waals surface area contributed by atoms with Crippen LogP contribution in [0.1, 0.15) is 16.2 Å². The van der Waals surface area contributed by atoms with Gasteiger partial charge in [0.15, 0.2) is 12.0 Å². The van der Waals surface area contributed by atoms with Crippen molar-refractivity contribution in [1.29, 1.82) is 0 Å². The fourth-order valence-corrected chi connectivity index (χ4v) is 1.59. The van der Waals surface area contributed by atoms with Gasteiger partial charge in [-0.05, 0) is 0 Å². The molecule has 0 aromatic carbocycles. The van der Waals surface area contributed by atoms with E-state index in [1.807, 2.05) is 0 Å². The molecule has 0 aliphatic carbocycles. The molecule has 0 radical (unpaired) electrons. The first-order valence-corrected chi connectivity index (χ1v) is 4.96. The van der Waals surface area contributed by atoms with E-state index in [-0.39, 0.29) is 23.8 Å². The maximum atomic E-state index is 12.8. The van der Waals surface area contributed by atoms with Crippen LogP contribution in [0.5, 0.6) is 11.8 Å². The zero-order valence-corrected chi connectivity index (χ0v) is 9.85. The second kappa shape index (κ2) is 4.41. The van der Waals surface area contributed by atoms with Gasteiger partial charge in [0.2, 0.25) is 17.5 Å². The van der Waals surface area contributed by atoms with Crippen LogP contribution in [0, 0.1) is 0 Å². The maximum absolute atomic E-state index is 12.8. The van der Waals surface area contributed by atoms with Crippen LogP contribution in [-0.2, 0) is 6.18 Å². The predicted octanol–water partition coefficient (Wildman–Crippen LogP) is 1.58. The lowest BCUT2D eigenvalue weighted by atomic mass is 10.3. The second-order valence-electron chi connectivity index (χ2n) is 3.44. The minimum atomic E-state index is -4.76.